The van der Waals surface area contributed by atoms with Gasteiger partial charge < -0.3 is 10.3 Å². The summed E-state index contributed by atoms with van der Waals surface area (Å²) >= 11 is 0. The maximum Gasteiger partial charge on any atom is 0.243 e. The highest BCUT2D eigenvalue weighted by Gasteiger charge is 2.15. The van der Waals surface area contributed by atoms with Crippen LogP contribution in [0, 0.1) is 0 Å². The zero-order chi connectivity index (χ0) is 11.5. The lowest BCUT2D eigenvalue weighted by Gasteiger charge is -2.01. The third kappa shape index (κ3) is 2.11. The number of hydrogen-bond donors (Lipinski definition) is 1. The molecule has 0 aliphatic rings. The number of aryl methyl sites for hydroxylation is 1. The molecule has 0 saturated heterocycles. The van der Waals surface area contributed by atoms with Crippen molar-refractivity contribution in [3.63, 3.8) is 0 Å². The second kappa shape index (κ2) is 4.44. The lowest BCUT2D eigenvalue weighted by molar-refractivity contribution is 0.348. The summed E-state index contributed by atoms with van der Waals surface area (Å²) in [4.78, 5) is 4.23. The van der Waals surface area contributed by atoms with E-state index in [-0.39, 0.29) is 6.04 Å². The van der Waals surface area contributed by atoms with E-state index in [4.69, 9.17) is 10.3 Å². The summed E-state index contributed by atoms with van der Waals surface area (Å²) in [5.74, 6) is 0.963. The minimum atomic E-state index is -0.185. The van der Waals surface area contributed by atoms with Crippen molar-refractivity contribution < 1.29 is 4.52 Å². The van der Waals surface area contributed by atoms with Crippen LogP contribution in [0.1, 0.15) is 31.7 Å². The van der Waals surface area contributed by atoms with Gasteiger partial charge >= 0.3 is 0 Å². The summed E-state index contributed by atoms with van der Waals surface area (Å²) in [7, 11) is 1.84. The third-order valence-corrected chi connectivity index (χ3v) is 2.30. The summed E-state index contributed by atoms with van der Waals surface area (Å²) in [6.07, 6.45) is 3.66. The van der Waals surface area contributed by atoms with Gasteiger partial charge in [0.1, 0.15) is 5.69 Å². The molecule has 0 spiro atoms. The first-order valence-electron chi connectivity index (χ1n) is 5.30. The van der Waals surface area contributed by atoms with Gasteiger partial charge in [-0.05, 0) is 12.5 Å². The smallest absolute Gasteiger partial charge is 0.243 e. The first-order chi connectivity index (χ1) is 7.70. The first-order valence-corrected chi connectivity index (χ1v) is 5.30. The molecular formula is C10H15N5O. The van der Waals surface area contributed by atoms with Crippen LogP contribution in [-0.2, 0) is 7.05 Å². The van der Waals surface area contributed by atoms with Crippen molar-refractivity contribution in [1.82, 2.24) is 19.9 Å². The van der Waals surface area contributed by atoms with Crippen LogP contribution in [0.25, 0.3) is 11.5 Å². The summed E-state index contributed by atoms with van der Waals surface area (Å²) in [6.45, 7) is 2.07. The molecule has 0 bridgehead atoms. The quantitative estimate of drug-likeness (QED) is 0.840. The molecule has 86 valence electrons. The molecule has 1 atom stereocenters. The molecule has 2 aromatic rings. The molecule has 0 radical (unpaired) electrons. The number of nitrogens with two attached hydrogens (primary N) is 1. The molecule has 6 heteroatoms. The molecular weight excluding hydrogens is 206 g/mol. The van der Waals surface area contributed by atoms with Gasteiger partial charge in [-0.2, -0.15) is 10.1 Å². The van der Waals surface area contributed by atoms with Gasteiger partial charge in [-0.3, -0.25) is 4.68 Å². The van der Waals surface area contributed by atoms with Gasteiger partial charge in [0.15, 0.2) is 0 Å². The second-order valence-electron chi connectivity index (χ2n) is 3.73. The highest BCUT2D eigenvalue weighted by atomic mass is 16.5. The van der Waals surface area contributed by atoms with Crippen LogP contribution in [0.4, 0.5) is 0 Å². The molecule has 0 saturated carbocycles. The third-order valence-electron chi connectivity index (χ3n) is 2.30. The molecule has 0 aliphatic carbocycles. The van der Waals surface area contributed by atoms with Crippen LogP contribution in [0.3, 0.4) is 0 Å². The maximum atomic E-state index is 5.88. The van der Waals surface area contributed by atoms with Gasteiger partial charge in [-0.15, -0.1) is 0 Å². The molecule has 2 N–H and O–H groups in total. The molecule has 0 fully saturated rings. The van der Waals surface area contributed by atoms with E-state index in [9.17, 15) is 0 Å². The standard InChI is InChI=1S/C10H15N5O/c1-3-4-7(11)10-12-9(14-16-10)8-5-6-15(2)13-8/h5-7H,3-4,11H2,1-2H3. The van der Waals surface area contributed by atoms with Crippen molar-refractivity contribution in [2.45, 2.75) is 25.8 Å². The fourth-order valence-corrected chi connectivity index (χ4v) is 1.46. The van der Waals surface area contributed by atoms with Gasteiger partial charge in [0, 0.05) is 13.2 Å². The predicted octanol–water partition coefficient (Wildman–Crippen LogP) is 1.27. The fraction of sp³-hybridized carbons (Fsp3) is 0.500. The Morgan fingerprint density at radius 3 is 3.00 bits per heavy atom. The summed E-state index contributed by atoms with van der Waals surface area (Å²) in [5, 5.41) is 8.05. The molecule has 0 amide bonds. The zero-order valence-corrected chi connectivity index (χ0v) is 9.42. The topological polar surface area (TPSA) is 82.8 Å². The Morgan fingerprint density at radius 2 is 2.38 bits per heavy atom. The van der Waals surface area contributed by atoms with Crippen molar-refractivity contribution in [2.75, 3.05) is 0 Å². The van der Waals surface area contributed by atoms with Crippen LogP contribution in [-0.4, -0.2) is 19.9 Å². The SMILES string of the molecule is CCCC(N)c1nc(-c2ccn(C)n2)no1. The normalized spacial score (nSPS) is 12.9. The Morgan fingerprint density at radius 1 is 1.56 bits per heavy atom. The monoisotopic (exact) mass is 221 g/mol. The molecule has 1 unspecified atom stereocenters. The lowest BCUT2D eigenvalue weighted by atomic mass is 10.2. The summed E-state index contributed by atoms with van der Waals surface area (Å²) < 4.78 is 6.80. The van der Waals surface area contributed by atoms with Crippen LogP contribution in [0.15, 0.2) is 16.8 Å². The molecule has 2 heterocycles. The lowest BCUT2D eigenvalue weighted by Crippen LogP contribution is -2.09. The molecule has 6 nitrogen and oxygen atoms in total. The zero-order valence-electron chi connectivity index (χ0n) is 9.42. The van der Waals surface area contributed by atoms with Gasteiger partial charge in [0.05, 0.1) is 6.04 Å². The number of nitrogens with zero attached hydrogens (tertiary/aromatic N) is 4. The van der Waals surface area contributed by atoms with Gasteiger partial charge in [0.25, 0.3) is 0 Å². The Balaban J connectivity index is 2.19. The Kier molecular flexibility index (Phi) is 3.00. The molecule has 16 heavy (non-hydrogen) atoms. The van der Waals surface area contributed by atoms with E-state index in [0.717, 1.165) is 12.8 Å². The Hall–Kier alpha value is -1.69. The molecule has 2 rings (SSSR count). The van der Waals surface area contributed by atoms with Crippen LogP contribution >= 0.6 is 0 Å². The van der Waals surface area contributed by atoms with Crippen molar-refractivity contribution in [2.24, 2.45) is 12.8 Å². The molecule has 0 aliphatic heterocycles. The molecule has 0 aromatic carbocycles. The fourth-order valence-electron chi connectivity index (χ4n) is 1.46. The second-order valence-corrected chi connectivity index (χ2v) is 3.73. The van der Waals surface area contributed by atoms with E-state index in [1.54, 1.807) is 4.68 Å². The van der Waals surface area contributed by atoms with E-state index in [1.165, 1.54) is 0 Å². The average Bonchev–Trinajstić information content (AvgIpc) is 2.85. The Labute approximate surface area is 93.4 Å². The van der Waals surface area contributed by atoms with Gasteiger partial charge in [-0.25, -0.2) is 0 Å². The Bertz CT molecular complexity index is 461. The average molecular weight is 221 g/mol. The highest BCUT2D eigenvalue weighted by molar-refractivity contribution is 5.46. The van der Waals surface area contributed by atoms with Crippen molar-refractivity contribution in [3.05, 3.63) is 18.2 Å². The van der Waals surface area contributed by atoms with Gasteiger partial charge in [0.2, 0.25) is 11.7 Å². The number of rotatable bonds is 4. The van der Waals surface area contributed by atoms with E-state index >= 15 is 0 Å². The van der Waals surface area contributed by atoms with Crippen LogP contribution < -0.4 is 5.73 Å². The highest BCUT2D eigenvalue weighted by Crippen LogP contribution is 2.18. The van der Waals surface area contributed by atoms with E-state index in [0.29, 0.717) is 17.4 Å². The largest absolute Gasteiger partial charge is 0.337 e. The summed E-state index contributed by atoms with van der Waals surface area (Å²) in [5.41, 5.74) is 6.58. The first kappa shape index (κ1) is 10.8. The van der Waals surface area contributed by atoms with Gasteiger partial charge in [-0.1, -0.05) is 18.5 Å². The van der Waals surface area contributed by atoms with Crippen molar-refractivity contribution >= 4 is 0 Å². The number of aromatic nitrogens is 4. The molecule has 2 aromatic heterocycles. The number of hydrogen-bond acceptors (Lipinski definition) is 5. The predicted molar refractivity (Wildman–Crippen MR) is 58.3 cm³/mol. The van der Waals surface area contributed by atoms with Crippen LogP contribution in [0.2, 0.25) is 0 Å². The van der Waals surface area contributed by atoms with Crippen molar-refractivity contribution in [3.8, 4) is 11.5 Å². The van der Waals surface area contributed by atoms with Crippen LogP contribution in [0.5, 0.6) is 0 Å². The minimum Gasteiger partial charge on any atom is -0.337 e. The maximum absolute atomic E-state index is 5.88. The van der Waals surface area contributed by atoms with E-state index in [1.807, 2.05) is 19.3 Å². The van der Waals surface area contributed by atoms with E-state index < -0.39 is 0 Å². The van der Waals surface area contributed by atoms with E-state index in [2.05, 4.69) is 22.2 Å². The van der Waals surface area contributed by atoms with Crippen molar-refractivity contribution in [1.29, 1.82) is 0 Å². The summed E-state index contributed by atoms with van der Waals surface area (Å²) in [6, 6.07) is 1.65. The minimum absolute atomic E-state index is 0.185.